The zero-order valence-corrected chi connectivity index (χ0v) is 16.2. The van der Waals surface area contributed by atoms with Crippen molar-refractivity contribution in [1.29, 1.82) is 0 Å². The average Bonchev–Trinajstić information content (AvgIpc) is 3.08. The third-order valence-corrected chi connectivity index (χ3v) is 3.85. The second-order valence-electron chi connectivity index (χ2n) is 6.01. The molecule has 1 aromatic carbocycles. The number of aromatic nitrogens is 4. The Morgan fingerprint density at radius 3 is 2.79 bits per heavy atom. The molecule has 1 unspecified atom stereocenters. The van der Waals surface area contributed by atoms with Crippen LogP contribution in [0.3, 0.4) is 0 Å². The van der Waals surface area contributed by atoms with Crippen LogP contribution in [0, 0.1) is 11.6 Å². The molecule has 29 heavy (non-hydrogen) atoms. The molecule has 0 saturated heterocycles. The smallest absolute Gasteiger partial charge is 0.402 e. The number of nitrogens with two attached hydrogens (primary N) is 1. The van der Waals surface area contributed by atoms with Gasteiger partial charge >= 0.3 is 7.32 Å². The fraction of sp³-hybridized carbons (Fsp3) is 0.467. The quantitative estimate of drug-likeness (QED) is 0.282. The lowest BCUT2D eigenvalue weighted by atomic mass is 10.1. The van der Waals surface area contributed by atoms with Crippen molar-refractivity contribution < 1.29 is 28.3 Å². The zero-order valence-electron chi connectivity index (χ0n) is 15.4. The molecule has 2 rings (SSSR count). The SMILES string of the molecule is Cl.NC(CCCCOB(O)O)c1nnnn1CC(=O)NCc1ccc(F)cc1F. The van der Waals surface area contributed by atoms with Gasteiger partial charge in [0.25, 0.3) is 0 Å². The van der Waals surface area contributed by atoms with Crippen LogP contribution in [0.25, 0.3) is 0 Å². The van der Waals surface area contributed by atoms with Crippen molar-refractivity contribution in [3.05, 3.63) is 41.2 Å². The summed E-state index contributed by atoms with van der Waals surface area (Å²) in [6, 6.07) is 2.57. The second-order valence-corrected chi connectivity index (χ2v) is 6.01. The molecule has 0 fully saturated rings. The number of rotatable bonds is 11. The van der Waals surface area contributed by atoms with Gasteiger partial charge in [-0.05, 0) is 35.8 Å². The van der Waals surface area contributed by atoms with Gasteiger partial charge in [-0.1, -0.05) is 6.07 Å². The average molecular weight is 435 g/mol. The predicted molar refractivity (Wildman–Crippen MR) is 100 cm³/mol. The molecule has 0 spiro atoms. The Morgan fingerprint density at radius 1 is 1.34 bits per heavy atom. The van der Waals surface area contributed by atoms with Gasteiger partial charge < -0.3 is 25.8 Å². The van der Waals surface area contributed by atoms with Crippen LogP contribution >= 0.6 is 12.4 Å². The normalized spacial score (nSPS) is 11.6. The maximum Gasteiger partial charge on any atom is 0.633 e. The van der Waals surface area contributed by atoms with Gasteiger partial charge in [-0.25, -0.2) is 13.5 Å². The van der Waals surface area contributed by atoms with Crippen LogP contribution in [0.4, 0.5) is 8.78 Å². The van der Waals surface area contributed by atoms with Gasteiger partial charge in [-0.3, -0.25) is 4.79 Å². The van der Waals surface area contributed by atoms with E-state index in [1.54, 1.807) is 0 Å². The number of tetrazole rings is 1. The largest absolute Gasteiger partial charge is 0.633 e. The summed E-state index contributed by atoms with van der Waals surface area (Å²) in [6.07, 6.45) is 1.67. The Hall–Kier alpha value is -2.19. The Morgan fingerprint density at radius 2 is 2.10 bits per heavy atom. The van der Waals surface area contributed by atoms with Crippen molar-refractivity contribution in [2.75, 3.05) is 6.61 Å². The summed E-state index contributed by atoms with van der Waals surface area (Å²) in [5, 5.41) is 30.7. The number of hydrogen-bond acceptors (Lipinski definition) is 8. The van der Waals surface area contributed by atoms with Gasteiger partial charge in [-0.15, -0.1) is 17.5 Å². The molecule has 2 aromatic rings. The molecule has 1 atom stereocenters. The number of benzene rings is 1. The predicted octanol–water partition coefficient (Wildman–Crippen LogP) is -0.154. The Balaban J connectivity index is 0.00000420. The highest BCUT2D eigenvalue weighted by atomic mass is 35.5. The number of halogens is 3. The van der Waals surface area contributed by atoms with E-state index in [-0.39, 0.29) is 37.7 Å². The van der Waals surface area contributed by atoms with E-state index in [1.165, 1.54) is 10.7 Å². The molecule has 1 heterocycles. The van der Waals surface area contributed by atoms with E-state index in [1.807, 2.05) is 0 Å². The third-order valence-electron chi connectivity index (χ3n) is 3.85. The van der Waals surface area contributed by atoms with E-state index in [9.17, 15) is 13.6 Å². The fourth-order valence-corrected chi connectivity index (χ4v) is 2.42. The van der Waals surface area contributed by atoms with E-state index in [0.29, 0.717) is 25.1 Å². The standard InChI is InChI=1S/C15H21BF2N6O4.ClH/c17-11-5-4-10(12(18)7-11)8-20-14(25)9-24-15(21-22-23-24)13(19)3-1-2-6-28-16(26)27;/h4-5,7,13,26-27H,1-3,6,8-9,19H2,(H,20,25);1H. The summed E-state index contributed by atoms with van der Waals surface area (Å²) in [7, 11) is -1.80. The number of amides is 1. The number of nitrogens with zero attached hydrogens (tertiary/aromatic N) is 4. The second kappa shape index (κ2) is 12.4. The van der Waals surface area contributed by atoms with Gasteiger partial charge in [0.1, 0.15) is 18.2 Å². The number of carbonyl (C=O) groups excluding carboxylic acids is 1. The van der Waals surface area contributed by atoms with Gasteiger partial charge in [0.2, 0.25) is 5.91 Å². The number of hydrogen-bond donors (Lipinski definition) is 4. The highest BCUT2D eigenvalue weighted by molar-refractivity contribution is 6.32. The van der Waals surface area contributed by atoms with Crippen LogP contribution in [-0.2, 0) is 22.5 Å². The van der Waals surface area contributed by atoms with Gasteiger partial charge in [0, 0.05) is 24.8 Å². The zero-order chi connectivity index (χ0) is 20.5. The Labute approximate surface area is 172 Å². The first-order valence-corrected chi connectivity index (χ1v) is 8.57. The van der Waals surface area contributed by atoms with Crippen molar-refractivity contribution in [3.63, 3.8) is 0 Å². The van der Waals surface area contributed by atoms with E-state index in [2.05, 4.69) is 25.5 Å². The fourth-order valence-electron chi connectivity index (χ4n) is 2.42. The molecule has 14 heteroatoms. The minimum atomic E-state index is -1.80. The van der Waals surface area contributed by atoms with Crippen LogP contribution in [-0.4, -0.2) is 50.1 Å². The minimum absolute atomic E-state index is 0. The summed E-state index contributed by atoms with van der Waals surface area (Å²) < 4.78 is 32.3. The first-order valence-electron chi connectivity index (χ1n) is 8.57. The van der Waals surface area contributed by atoms with Crippen molar-refractivity contribution >= 4 is 25.6 Å². The van der Waals surface area contributed by atoms with Crippen LogP contribution in [0.15, 0.2) is 18.2 Å². The Bertz CT molecular complexity index is 785. The molecule has 0 saturated carbocycles. The summed E-state index contributed by atoms with van der Waals surface area (Å²) >= 11 is 0. The lowest BCUT2D eigenvalue weighted by molar-refractivity contribution is -0.122. The molecule has 0 radical (unpaired) electrons. The Kier molecular flexibility index (Phi) is 10.6. The van der Waals surface area contributed by atoms with E-state index in [4.69, 9.17) is 15.8 Å². The van der Waals surface area contributed by atoms with E-state index < -0.39 is 30.9 Å². The van der Waals surface area contributed by atoms with Crippen LogP contribution in [0.5, 0.6) is 0 Å². The highest BCUT2D eigenvalue weighted by Crippen LogP contribution is 2.14. The van der Waals surface area contributed by atoms with Crippen molar-refractivity contribution in [2.24, 2.45) is 5.73 Å². The lowest BCUT2D eigenvalue weighted by Crippen LogP contribution is -2.30. The first-order chi connectivity index (χ1) is 13.4. The van der Waals surface area contributed by atoms with Crippen LogP contribution in [0.2, 0.25) is 0 Å². The molecule has 0 bridgehead atoms. The summed E-state index contributed by atoms with van der Waals surface area (Å²) in [5.41, 5.74) is 6.19. The molecule has 1 aromatic heterocycles. The topological polar surface area (TPSA) is 148 Å². The monoisotopic (exact) mass is 434 g/mol. The molecule has 5 N–H and O–H groups in total. The minimum Gasteiger partial charge on any atom is -0.402 e. The van der Waals surface area contributed by atoms with Crippen molar-refractivity contribution in [1.82, 2.24) is 25.5 Å². The highest BCUT2D eigenvalue weighted by Gasteiger charge is 2.17. The lowest BCUT2D eigenvalue weighted by Gasteiger charge is -2.12. The molecule has 160 valence electrons. The van der Waals surface area contributed by atoms with Crippen molar-refractivity contribution in [2.45, 2.75) is 38.4 Å². The summed E-state index contributed by atoms with van der Waals surface area (Å²) in [4.78, 5) is 12.1. The first kappa shape index (κ1) is 24.9. The van der Waals surface area contributed by atoms with Crippen LogP contribution in [0.1, 0.15) is 36.7 Å². The molecule has 0 aliphatic rings. The number of nitrogens with one attached hydrogen (secondary N) is 1. The van der Waals surface area contributed by atoms with E-state index >= 15 is 0 Å². The molecule has 0 aliphatic carbocycles. The number of carbonyl (C=O) groups is 1. The molecular formula is C15H22BClF2N6O4. The number of unbranched alkanes of at least 4 members (excludes halogenated alkanes) is 1. The maximum absolute atomic E-state index is 13.6. The maximum atomic E-state index is 13.6. The third kappa shape index (κ3) is 8.37. The molecule has 0 aliphatic heterocycles. The molecular weight excluding hydrogens is 412 g/mol. The van der Waals surface area contributed by atoms with Gasteiger partial charge in [0.15, 0.2) is 5.82 Å². The van der Waals surface area contributed by atoms with Crippen molar-refractivity contribution in [3.8, 4) is 0 Å². The van der Waals surface area contributed by atoms with Gasteiger partial charge in [-0.2, -0.15) is 0 Å². The molecule has 10 nitrogen and oxygen atoms in total. The summed E-state index contributed by atoms with van der Waals surface area (Å²) in [6.45, 7) is -0.151. The molecule has 1 amide bonds. The van der Waals surface area contributed by atoms with Gasteiger partial charge in [0.05, 0.1) is 6.04 Å². The van der Waals surface area contributed by atoms with Crippen LogP contribution < -0.4 is 11.1 Å². The summed E-state index contributed by atoms with van der Waals surface area (Å²) in [5.74, 6) is -1.59. The van der Waals surface area contributed by atoms with E-state index in [0.717, 1.165) is 12.1 Å².